The first-order chi connectivity index (χ1) is 10.9. The van der Waals surface area contributed by atoms with E-state index in [2.05, 4.69) is 36.4 Å². The molecular formula is C18H21N3O2. The van der Waals surface area contributed by atoms with Crippen molar-refractivity contribution in [1.82, 2.24) is 10.3 Å². The first-order valence-corrected chi connectivity index (χ1v) is 7.46. The fourth-order valence-corrected chi connectivity index (χ4v) is 2.18. The Morgan fingerprint density at radius 2 is 1.70 bits per heavy atom. The molecule has 5 heteroatoms. The minimum Gasteiger partial charge on any atom is -0.342 e. The summed E-state index contributed by atoms with van der Waals surface area (Å²) in [5, 5.41) is 5.25. The third kappa shape index (κ3) is 4.64. The maximum absolute atomic E-state index is 12.1. The fourth-order valence-electron chi connectivity index (χ4n) is 2.18. The summed E-state index contributed by atoms with van der Waals surface area (Å²) in [5.74, 6) is -1.36. The van der Waals surface area contributed by atoms with Crippen LogP contribution >= 0.6 is 0 Å². The van der Waals surface area contributed by atoms with E-state index < -0.39 is 11.8 Å². The van der Waals surface area contributed by atoms with Gasteiger partial charge < -0.3 is 10.6 Å². The number of amides is 2. The molecule has 0 spiro atoms. The monoisotopic (exact) mass is 311 g/mol. The van der Waals surface area contributed by atoms with Gasteiger partial charge in [-0.15, -0.1) is 0 Å². The summed E-state index contributed by atoms with van der Waals surface area (Å²) in [7, 11) is 0. The van der Waals surface area contributed by atoms with Gasteiger partial charge in [-0.05, 0) is 29.2 Å². The van der Waals surface area contributed by atoms with Gasteiger partial charge in [-0.1, -0.05) is 45.0 Å². The van der Waals surface area contributed by atoms with Crippen LogP contribution in [0.15, 0.2) is 48.7 Å². The van der Waals surface area contributed by atoms with Gasteiger partial charge in [0.1, 0.15) is 0 Å². The Labute approximate surface area is 136 Å². The third-order valence-electron chi connectivity index (χ3n) is 3.35. The topological polar surface area (TPSA) is 71.1 Å². The molecule has 0 fully saturated rings. The van der Waals surface area contributed by atoms with E-state index in [1.54, 1.807) is 24.4 Å². The SMILES string of the molecule is CC(C)(C)c1ccccc1NC(=O)C(=O)NCc1ccccn1. The van der Waals surface area contributed by atoms with Crippen LogP contribution in [0.25, 0.3) is 0 Å². The lowest BCUT2D eigenvalue weighted by Crippen LogP contribution is -2.35. The van der Waals surface area contributed by atoms with Crippen molar-refractivity contribution < 1.29 is 9.59 Å². The normalized spacial score (nSPS) is 10.9. The van der Waals surface area contributed by atoms with Crippen LogP contribution in [-0.4, -0.2) is 16.8 Å². The summed E-state index contributed by atoms with van der Waals surface area (Å²) in [6, 6.07) is 12.9. The van der Waals surface area contributed by atoms with E-state index in [1.165, 1.54) is 0 Å². The molecule has 2 aromatic rings. The number of benzene rings is 1. The highest BCUT2D eigenvalue weighted by Crippen LogP contribution is 2.29. The molecule has 2 amide bonds. The van der Waals surface area contributed by atoms with Gasteiger partial charge in [-0.25, -0.2) is 0 Å². The molecule has 2 N–H and O–H groups in total. The van der Waals surface area contributed by atoms with Gasteiger partial charge in [-0.3, -0.25) is 14.6 Å². The molecule has 1 aromatic carbocycles. The molecule has 0 aliphatic heterocycles. The highest BCUT2D eigenvalue weighted by Gasteiger charge is 2.20. The summed E-state index contributed by atoms with van der Waals surface area (Å²) in [4.78, 5) is 28.1. The molecule has 0 bridgehead atoms. The Morgan fingerprint density at radius 3 is 2.35 bits per heavy atom. The summed E-state index contributed by atoms with van der Waals surface area (Å²) in [5.41, 5.74) is 2.20. The quantitative estimate of drug-likeness (QED) is 0.856. The molecule has 0 unspecified atom stereocenters. The molecule has 1 aromatic heterocycles. The largest absolute Gasteiger partial charge is 0.342 e. The lowest BCUT2D eigenvalue weighted by molar-refractivity contribution is -0.136. The van der Waals surface area contributed by atoms with Crippen molar-refractivity contribution in [2.75, 3.05) is 5.32 Å². The number of nitrogens with one attached hydrogen (secondary N) is 2. The first kappa shape index (κ1) is 16.7. The molecule has 5 nitrogen and oxygen atoms in total. The van der Waals surface area contributed by atoms with Gasteiger partial charge in [0.05, 0.1) is 12.2 Å². The fraction of sp³-hybridized carbons (Fsp3) is 0.278. The van der Waals surface area contributed by atoms with Crippen LogP contribution in [0, 0.1) is 0 Å². The number of pyridine rings is 1. The first-order valence-electron chi connectivity index (χ1n) is 7.46. The van der Waals surface area contributed by atoms with Crippen molar-refractivity contribution in [2.24, 2.45) is 0 Å². The van der Waals surface area contributed by atoms with Crippen LogP contribution in [0.3, 0.4) is 0 Å². The van der Waals surface area contributed by atoms with Crippen molar-refractivity contribution in [3.05, 3.63) is 59.9 Å². The second-order valence-corrected chi connectivity index (χ2v) is 6.25. The number of aromatic nitrogens is 1. The summed E-state index contributed by atoms with van der Waals surface area (Å²) in [6.07, 6.45) is 1.64. The van der Waals surface area contributed by atoms with Gasteiger partial charge >= 0.3 is 11.8 Å². The Bertz CT molecular complexity index is 691. The number of hydrogen-bond acceptors (Lipinski definition) is 3. The van der Waals surface area contributed by atoms with Crippen molar-refractivity contribution in [2.45, 2.75) is 32.7 Å². The number of rotatable bonds is 3. The molecule has 2 rings (SSSR count). The number of carbonyl (C=O) groups excluding carboxylic acids is 2. The molecule has 0 aliphatic rings. The average molecular weight is 311 g/mol. The van der Waals surface area contributed by atoms with E-state index in [4.69, 9.17) is 0 Å². The van der Waals surface area contributed by atoms with Crippen molar-refractivity contribution >= 4 is 17.5 Å². The Hall–Kier alpha value is -2.69. The molecule has 120 valence electrons. The minimum atomic E-state index is -0.683. The lowest BCUT2D eigenvalue weighted by Gasteiger charge is -2.22. The lowest BCUT2D eigenvalue weighted by atomic mass is 9.86. The van der Waals surface area contributed by atoms with Gasteiger partial charge in [0.25, 0.3) is 0 Å². The van der Waals surface area contributed by atoms with E-state index >= 15 is 0 Å². The number of anilines is 1. The Balaban J connectivity index is 2.01. The zero-order chi connectivity index (χ0) is 16.9. The zero-order valence-corrected chi connectivity index (χ0v) is 13.6. The van der Waals surface area contributed by atoms with Crippen LogP contribution < -0.4 is 10.6 Å². The van der Waals surface area contributed by atoms with Crippen LogP contribution in [-0.2, 0) is 21.5 Å². The molecule has 1 heterocycles. The molecule has 0 aliphatic carbocycles. The van der Waals surface area contributed by atoms with Crippen molar-refractivity contribution in [1.29, 1.82) is 0 Å². The summed E-state index contributed by atoms with van der Waals surface area (Å²) in [6.45, 7) is 6.38. The molecule has 23 heavy (non-hydrogen) atoms. The Kier molecular flexibility index (Phi) is 5.11. The van der Waals surface area contributed by atoms with Gasteiger partial charge in [0.15, 0.2) is 0 Å². The number of hydrogen-bond donors (Lipinski definition) is 2. The van der Waals surface area contributed by atoms with Crippen LogP contribution in [0.1, 0.15) is 32.0 Å². The second-order valence-electron chi connectivity index (χ2n) is 6.25. The van der Waals surface area contributed by atoms with Gasteiger partial charge in [0.2, 0.25) is 0 Å². The Morgan fingerprint density at radius 1 is 1.00 bits per heavy atom. The number of nitrogens with zero attached hydrogens (tertiary/aromatic N) is 1. The maximum atomic E-state index is 12.1. The van der Waals surface area contributed by atoms with E-state index in [9.17, 15) is 9.59 Å². The van der Waals surface area contributed by atoms with Gasteiger partial charge in [-0.2, -0.15) is 0 Å². The summed E-state index contributed by atoms with van der Waals surface area (Å²) < 4.78 is 0. The average Bonchev–Trinajstić information content (AvgIpc) is 2.53. The van der Waals surface area contributed by atoms with Crippen molar-refractivity contribution in [3.63, 3.8) is 0 Å². The van der Waals surface area contributed by atoms with E-state index in [0.717, 1.165) is 5.56 Å². The second kappa shape index (κ2) is 7.05. The molecular weight excluding hydrogens is 290 g/mol. The van der Waals surface area contributed by atoms with E-state index in [0.29, 0.717) is 11.4 Å². The molecule has 0 saturated carbocycles. The molecule has 0 atom stereocenters. The third-order valence-corrected chi connectivity index (χ3v) is 3.35. The van der Waals surface area contributed by atoms with E-state index in [-0.39, 0.29) is 12.0 Å². The summed E-state index contributed by atoms with van der Waals surface area (Å²) >= 11 is 0. The van der Waals surface area contributed by atoms with Crippen LogP contribution in [0.5, 0.6) is 0 Å². The van der Waals surface area contributed by atoms with Gasteiger partial charge in [0, 0.05) is 11.9 Å². The standard InChI is InChI=1S/C18H21N3O2/c1-18(2,3)14-9-4-5-10-15(14)21-17(23)16(22)20-12-13-8-6-7-11-19-13/h4-11H,12H2,1-3H3,(H,20,22)(H,21,23). The van der Waals surface area contributed by atoms with Crippen LogP contribution in [0.2, 0.25) is 0 Å². The molecule has 0 saturated heterocycles. The molecule has 0 radical (unpaired) electrons. The smallest absolute Gasteiger partial charge is 0.313 e. The highest BCUT2D eigenvalue weighted by molar-refractivity contribution is 6.39. The van der Waals surface area contributed by atoms with Crippen molar-refractivity contribution in [3.8, 4) is 0 Å². The van der Waals surface area contributed by atoms with Crippen LogP contribution in [0.4, 0.5) is 5.69 Å². The maximum Gasteiger partial charge on any atom is 0.313 e. The predicted molar refractivity (Wildman–Crippen MR) is 89.9 cm³/mol. The zero-order valence-electron chi connectivity index (χ0n) is 13.6. The number of para-hydroxylation sites is 1. The highest BCUT2D eigenvalue weighted by atomic mass is 16.2. The van der Waals surface area contributed by atoms with E-state index in [1.807, 2.05) is 24.3 Å². The minimum absolute atomic E-state index is 0.131. The number of carbonyl (C=O) groups is 2. The predicted octanol–water partition coefficient (Wildman–Crippen LogP) is 2.63.